The molecular formula is C26H27FN2O. The lowest BCUT2D eigenvalue weighted by molar-refractivity contribution is -0.123. The zero-order valence-corrected chi connectivity index (χ0v) is 17.1. The molecule has 3 aromatic carbocycles. The minimum Gasteiger partial charge on any atom is -0.369 e. The molecule has 4 rings (SSSR count). The first-order valence-electron chi connectivity index (χ1n) is 10.5. The molecule has 3 aromatic rings. The van der Waals surface area contributed by atoms with E-state index in [0.29, 0.717) is 5.56 Å². The lowest BCUT2D eigenvalue weighted by Gasteiger charge is -2.42. The predicted octanol–water partition coefficient (Wildman–Crippen LogP) is 5.05. The third kappa shape index (κ3) is 4.01. The van der Waals surface area contributed by atoms with Crippen molar-refractivity contribution in [1.29, 1.82) is 0 Å². The van der Waals surface area contributed by atoms with Crippen molar-refractivity contribution in [1.82, 2.24) is 5.32 Å². The lowest BCUT2D eigenvalue weighted by atomic mass is 9.69. The Morgan fingerprint density at radius 1 is 1.00 bits per heavy atom. The van der Waals surface area contributed by atoms with E-state index < -0.39 is 0 Å². The molecule has 1 heterocycles. The van der Waals surface area contributed by atoms with E-state index in [2.05, 4.69) is 17.4 Å². The largest absolute Gasteiger partial charge is 0.369 e. The van der Waals surface area contributed by atoms with Gasteiger partial charge in [0.1, 0.15) is 5.82 Å². The van der Waals surface area contributed by atoms with Crippen molar-refractivity contribution in [3.8, 4) is 11.1 Å². The molecule has 4 atom stereocenters. The van der Waals surface area contributed by atoms with Gasteiger partial charge in [-0.2, -0.15) is 0 Å². The first-order chi connectivity index (χ1) is 14.6. The fourth-order valence-corrected chi connectivity index (χ4v) is 4.75. The van der Waals surface area contributed by atoms with Crippen molar-refractivity contribution in [2.45, 2.75) is 25.3 Å². The van der Waals surface area contributed by atoms with Crippen LogP contribution in [-0.4, -0.2) is 12.5 Å². The average Bonchev–Trinajstić information content (AvgIpc) is 2.79. The van der Waals surface area contributed by atoms with Crippen LogP contribution in [0.5, 0.6) is 0 Å². The van der Waals surface area contributed by atoms with Crippen LogP contribution in [0, 0.1) is 17.7 Å². The molecular weight excluding hydrogens is 375 g/mol. The number of amides is 1. The number of primary amides is 1. The number of piperidine rings is 1. The number of rotatable bonds is 5. The molecule has 154 valence electrons. The van der Waals surface area contributed by atoms with E-state index in [9.17, 15) is 4.79 Å². The highest BCUT2D eigenvalue weighted by atomic mass is 19.1. The summed E-state index contributed by atoms with van der Waals surface area (Å²) in [5.41, 5.74) is 9.16. The van der Waals surface area contributed by atoms with Gasteiger partial charge in [-0.1, -0.05) is 79.7 Å². The number of carbonyl (C=O) groups excluding carboxylic acids is 1. The highest BCUT2D eigenvalue weighted by Gasteiger charge is 2.39. The highest BCUT2D eigenvalue weighted by Crippen LogP contribution is 2.45. The fraction of sp³-hybridized carbons (Fsp3) is 0.269. The second kappa shape index (κ2) is 8.80. The van der Waals surface area contributed by atoms with Gasteiger partial charge in [0.2, 0.25) is 5.91 Å². The lowest BCUT2D eigenvalue weighted by Crippen LogP contribution is -2.43. The fourth-order valence-electron chi connectivity index (χ4n) is 4.75. The summed E-state index contributed by atoms with van der Waals surface area (Å²) in [6.07, 6.45) is 0.852. The number of hydrogen-bond acceptors (Lipinski definition) is 2. The average molecular weight is 403 g/mol. The third-order valence-electron chi connectivity index (χ3n) is 6.37. The molecule has 4 unspecified atom stereocenters. The third-order valence-corrected chi connectivity index (χ3v) is 6.37. The molecule has 1 saturated heterocycles. The second-order valence-electron chi connectivity index (χ2n) is 8.12. The molecule has 4 heteroatoms. The molecule has 30 heavy (non-hydrogen) atoms. The first kappa shape index (κ1) is 20.3. The van der Waals surface area contributed by atoms with E-state index in [1.807, 2.05) is 67.6 Å². The van der Waals surface area contributed by atoms with Crippen LogP contribution in [0.15, 0.2) is 78.9 Å². The van der Waals surface area contributed by atoms with Crippen LogP contribution in [0.2, 0.25) is 0 Å². The molecule has 0 radical (unpaired) electrons. The standard InChI is InChI=1S/C26H27FN2O/c1-17(26(28)30)21-14-15-29-25(24(21)19-10-6-3-7-11-19)20-12-13-22(23(27)16-20)18-8-4-2-5-9-18/h2-13,16-17,21,24-25,29H,14-15H2,1H3,(H2,28,30). The van der Waals surface area contributed by atoms with Crippen LogP contribution < -0.4 is 11.1 Å². The number of hydrogen-bond donors (Lipinski definition) is 2. The van der Waals surface area contributed by atoms with Gasteiger partial charge in [0.05, 0.1) is 0 Å². The Kier molecular flexibility index (Phi) is 5.96. The van der Waals surface area contributed by atoms with Gasteiger partial charge in [0, 0.05) is 23.4 Å². The van der Waals surface area contributed by atoms with E-state index in [1.165, 1.54) is 0 Å². The Balaban J connectivity index is 1.74. The van der Waals surface area contributed by atoms with Crippen molar-refractivity contribution < 1.29 is 9.18 Å². The minimum atomic E-state index is -0.285. The number of halogens is 1. The van der Waals surface area contributed by atoms with Gasteiger partial charge in [-0.3, -0.25) is 4.79 Å². The van der Waals surface area contributed by atoms with Gasteiger partial charge in [0.25, 0.3) is 0 Å². The van der Waals surface area contributed by atoms with E-state index >= 15 is 4.39 Å². The molecule has 3 N–H and O–H groups in total. The molecule has 3 nitrogen and oxygen atoms in total. The van der Waals surface area contributed by atoms with Gasteiger partial charge >= 0.3 is 0 Å². The summed E-state index contributed by atoms with van der Waals surface area (Å²) in [7, 11) is 0. The zero-order chi connectivity index (χ0) is 21.1. The smallest absolute Gasteiger partial charge is 0.220 e. The van der Waals surface area contributed by atoms with Crippen molar-refractivity contribution >= 4 is 5.91 Å². The molecule has 0 saturated carbocycles. The second-order valence-corrected chi connectivity index (χ2v) is 8.12. The monoisotopic (exact) mass is 402 g/mol. The Morgan fingerprint density at radius 3 is 2.30 bits per heavy atom. The maximum absolute atomic E-state index is 15.1. The Labute approximate surface area is 177 Å². The van der Waals surface area contributed by atoms with Crippen LogP contribution in [0.25, 0.3) is 11.1 Å². The van der Waals surface area contributed by atoms with Gasteiger partial charge in [-0.05, 0) is 41.6 Å². The van der Waals surface area contributed by atoms with E-state index in [-0.39, 0.29) is 35.5 Å². The maximum atomic E-state index is 15.1. The van der Waals surface area contributed by atoms with Crippen LogP contribution in [0.4, 0.5) is 4.39 Å². The van der Waals surface area contributed by atoms with Gasteiger partial charge in [-0.25, -0.2) is 4.39 Å². The summed E-state index contributed by atoms with van der Waals surface area (Å²) in [4.78, 5) is 12.0. The number of nitrogens with two attached hydrogens (primary N) is 1. The quantitative estimate of drug-likeness (QED) is 0.628. The van der Waals surface area contributed by atoms with Crippen molar-refractivity contribution in [3.05, 3.63) is 95.8 Å². The molecule has 0 aromatic heterocycles. The number of nitrogens with one attached hydrogen (secondary N) is 1. The molecule has 1 amide bonds. The summed E-state index contributed by atoms with van der Waals surface area (Å²) in [6.45, 7) is 2.67. The Bertz CT molecular complexity index is 1010. The SMILES string of the molecule is CC(C(N)=O)C1CCNC(c2ccc(-c3ccccc3)c(F)c2)C1c1ccccc1. The Hall–Kier alpha value is -2.98. The first-order valence-corrected chi connectivity index (χ1v) is 10.5. The Morgan fingerprint density at radius 2 is 1.67 bits per heavy atom. The van der Waals surface area contributed by atoms with E-state index in [1.54, 1.807) is 6.07 Å². The number of benzene rings is 3. The van der Waals surface area contributed by atoms with Crippen molar-refractivity contribution in [3.63, 3.8) is 0 Å². The van der Waals surface area contributed by atoms with Crippen molar-refractivity contribution in [2.75, 3.05) is 6.54 Å². The minimum absolute atomic E-state index is 0.0319. The summed E-state index contributed by atoms with van der Waals surface area (Å²) < 4.78 is 15.1. The van der Waals surface area contributed by atoms with E-state index in [4.69, 9.17) is 5.73 Å². The zero-order valence-electron chi connectivity index (χ0n) is 17.1. The maximum Gasteiger partial charge on any atom is 0.220 e. The highest BCUT2D eigenvalue weighted by molar-refractivity contribution is 5.76. The molecule has 0 spiro atoms. The van der Waals surface area contributed by atoms with Crippen LogP contribution in [0.1, 0.15) is 36.4 Å². The normalized spacial score (nSPS) is 22.4. The molecule has 1 aliphatic rings. The van der Waals surface area contributed by atoms with Gasteiger partial charge < -0.3 is 11.1 Å². The van der Waals surface area contributed by atoms with Gasteiger partial charge in [0.15, 0.2) is 0 Å². The number of carbonyl (C=O) groups is 1. The molecule has 0 bridgehead atoms. The molecule has 1 aliphatic heterocycles. The van der Waals surface area contributed by atoms with Gasteiger partial charge in [-0.15, -0.1) is 0 Å². The molecule has 0 aliphatic carbocycles. The van der Waals surface area contributed by atoms with Crippen LogP contribution in [-0.2, 0) is 4.79 Å². The molecule has 1 fully saturated rings. The van der Waals surface area contributed by atoms with Crippen molar-refractivity contribution in [2.24, 2.45) is 17.6 Å². The summed E-state index contributed by atoms with van der Waals surface area (Å²) in [6, 6.07) is 25.1. The predicted molar refractivity (Wildman–Crippen MR) is 118 cm³/mol. The summed E-state index contributed by atoms with van der Waals surface area (Å²) in [5.74, 6) is -0.657. The summed E-state index contributed by atoms with van der Waals surface area (Å²) in [5, 5.41) is 3.58. The topological polar surface area (TPSA) is 55.1 Å². The van der Waals surface area contributed by atoms with E-state index in [0.717, 1.165) is 29.7 Å². The van der Waals surface area contributed by atoms with Crippen LogP contribution in [0.3, 0.4) is 0 Å². The summed E-state index contributed by atoms with van der Waals surface area (Å²) >= 11 is 0. The van der Waals surface area contributed by atoms with Crippen LogP contribution >= 0.6 is 0 Å².